The fraction of sp³-hybridized carbons (Fsp3) is 0.962. The Labute approximate surface area is 219 Å². The molecule has 1 atom stereocenters. The summed E-state index contributed by atoms with van der Waals surface area (Å²) < 4.78 is 43.4. The van der Waals surface area contributed by atoms with Gasteiger partial charge in [-0.1, -0.05) is 26.7 Å². The molecule has 0 spiro atoms. The summed E-state index contributed by atoms with van der Waals surface area (Å²) in [5, 5.41) is 0. The van der Waals surface area contributed by atoms with Crippen LogP contribution in [0.25, 0.3) is 0 Å². The number of nitrogens with zero attached hydrogens (tertiary/aromatic N) is 1. The molecule has 0 fully saturated rings. The summed E-state index contributed by atoms with van der Waals surface area (Å²) in [6.07, 6.45) is 3.86. The predicted molar refractivity (Wildman–Crippen MR) is 139 cm³/mol. The van der Waals surface area contributed by atoms with Crippen molar-refractivity contribution in [2.75, 3.05) is 120 Å². The van der Waals surface area contributed by atoms with Gasteiger partial charge in [-0.15, -0.1) is 0 Å². The van der Waals surface area contributed by atoms with Crippen molar-refractivity contribution in [3.8, 4) is 0 Å². The van der Waals surface area contributed by atoms with Crippen LogP contribution in [-0.2, 0) is 42.7 Å². The molecular weight excluding hydrogens is 470 g/mol. The number of esters is 1. The third-order valence-electron chi connectivity index (χ3n) is 5.12. The number of rotatable bonds is 29. The monoisotopic (exact) mass is 523 g/mol. The lowest BCUT2D eigenvalue weighted by atomic mass is 10.00. The molecule has 216 valence electrons. The molecule has 0 aliphatic carbocycles. The van der Waals surface area contributed by atoms with Crippen LogP contribution in [0.1, 0.15) is 39.5 Å². The lowest BCUT2D eigenvalue weighted by Gasteiger charge is -2.13. The van der Waals surface area contributed by atoms with Gasteiger partial charge in [-0.2, -0.15) is 0 Å². The predicted octanol–water partition coefficient (Wildman–Crippen LogP) is 2.42. The zero-order valence-electron chi connectivity index (χ0n) is 23.3. The standard InChI is InChI=1S/C26H53NO9/c1-5-7-8-25(6-2)26(28)36-24-23-35-22-21-34-20-19-33-18-17-32-16-15-31-14-13-30-12-11-29-10-9-27(3)4/h25H,5-24H2,1-4H3. The zero-order chi connectivity index (χ0) is 26.5. The van der Waals surface area contributed by atoms with E-state index in [-0.39, 0.29) is 18.5 Å². The Morgan fingerprint density at radius 1 is 0.583 bits per heavy atom. The van der Waals surface area contributed by atoms with Crippen LogP contribution in [0.4, 0.5) is 0 Å². The van der Waals surface area contributed by atoms with Crippen LogP contribution in [0.15, 0.2) is 0 Å². The fourth-order valence-corrected chi connectivity index (χ4v) is 2.93. The van der Waals surface area contributed by atoms with E-state index < -0.39 is 0 Å². The molecule has 36 heavy (non-hydrogen) atoms. The Kier molecular flexibility index (Phi) is 28.0. The second-order valence-corrected chi connectivity index (χ2v) is 8.50. The van der Waals surface area contributed by atoms with Crippen molar-refractivity contribution in [1.29, 1.82) is 0 Å². The van der Waals surface area contributed by atoms with E-state index in [1.165, 1.54) is 0 Å². The van der Waals surface area contributed by atoms with Crippen molar-refractivity contribution in [2.45, 2.75) is 39.5 Å². The highest BCUT2D eigenvalue weighted by Gasteiger charge is 2.16. The van der Waals surface area contributed by atoms with Gasteiger partial charge in [-0.25, -0.2) is 0 Å². The van der Waals surface area contributed by atoms with Gasteiger partial charge in [0.1, 0.15) is 6.61 Å². The van der Waals surface area contributed by atoms with Gasteiger partial charge in [0, 0.05) is 6.54 Å². The number of ether oxygens (including phenoxy) is 8. The Bertz CT molecular complexity index is 455. The Morgan fingerprint density at radius 2 is 0.944 bits per heavy atom. The molecule has 0 aromatic carbocycles. The summed E-state index contributed by atoms with van der Waals surface area (Å²) in [5.74, 6) is -0.108. The normalized spacial score (nSPS) is 12.4. The van der Waals surface area contributed by atoms with E-state index in [0.29, 0.717) is 85.9 Å². The van der Waals surface area contributed by atoms with Crippen LogP contribution >= 0.6 is 0 Å². The average Bonchev–Trinajstić information content (AvgIpc) is 2.86. The quantitative estimate of drug-likeness (QED) is 0.107. The average molecular weight is 524 g/mol. The van der Waals surface area contributed by atoms with Gasteiger partial charge in [-0.3, -0.25) is 4.79 Å². The first-order valence-corrected chi connectivity index (χ1v) is 13.5. The number of unbranched alkanes of at least 4 members (excludes halogenated alkanes) is 1. The van der Waals surface area contributed by atoms with Crippen LogP contribution in [0.3, 0.4) is 0 Å². The maximum absolute atomic E-state index is 12.0. The van der Waals surface area contributed by atoms with Crippen molar-refractivity contribution in [3.63, 3.8) is 0 Å². The van der Waals surface area contributed by atoms with E-state index in [0.717, 1.165) is 38.8 Å². The topological polar surface area (TPSA) is 94.2 Å². The van der Waals surface area contributed by atoms with Gasteiger partial charge in [0.25, 0.3) is 0 Å². The number of carbonyl (C=O) groups is 1. The highest BCUT2D eigenvalue weighted by molar-refractivity contribution is 5.72. The maximum Gasteiger partial charge on any atom is 0.308 e. The van der Waals surface area contributed by atoms with Crippen LogP contribution < -0.4 is 0 Å². The Hall–Kier alpha value is -0.850. The number of likely N-dealkylation sites (N-methyl/N-ethyl adjacent to an activating group) is 1. The first-order valence-electron chi connectivity index (χ1n) is 13.5. The Morgan fingerprint density at radius 3 is 1.28 bits per heavy atom. The Balaban J connectivity index is 3.18. The molecule has 0 N–H and O–H groups in total. The molecule has 10 nitrogen and oxygen atoms in total. The molecule has 10 heteroatoms. The molecule has 1 unspecified atom stereocenters. The summed E-state index contributed by atoms with van der Waals surface area (Å²) >= 11 is 0. The van der Waals surface area contributed by atoms with Gasteiger partial charge in [0.2, 0.25) is 0 Å². The van der Waals surface area contributed by atoms with E-state index in [1.807, 2.05) is 21.0 Å². The fourth-order valence-electron chi connectivity index (χ4n) is 2.93. The van der Waals surface area contributed by atoms with E-state index in [2.05, 4.69) is 11.8 Å². The summed E-state index contributed by atoms with van der Waals surface area (Å²) in [6, 6.07) is 0. The lowest BCUT2D eigenvalue weighted by Crippen LogP contribution is -2.20. The molecular formula is C26H53NO9. The third kappa shape index (κ3) is 26.2. The second-order valence-electron chi connectivity index (χ2n) is 8.50. The first kappa shape index (κ1) is 35.2. The van der Waals surface area contributed by atoms with E-state index >= 15 is 0 Å². The minimum atomic E-state index is -0.113. The van der Waals surface area contributed by atoms with Crippen molar-refractivity contribution in [1.82, 2.24) is 4.90 Å². The summed E-state index contributed by atoms with van der Waals surface area (Å²) in [4.78, 5) is 14.1. The molecule has 0 aliphatic rings. The second kappa shape index (κ2) is 28.7. The highest BCUT2D eigenvalue weighted by Crippen LogP contribution is 2.14. The van der Waals surface area contributed by atoms with Gasteiger partial charge in [0.05, 0.1) is 98.4 Å². The summed E-state index contributed by atoms with van der Waals surface area (Å²) in [6.45, 7) is 12.8. The third-order valence-corrected chi connectivity index (χ3v) is 5.12. The molecule has 0 saturated carbocycles. The largest absolute Gasteiger partial charge is 0.463 e. The van der Waals surface area contributed by atoms with Gasteiger partial charge < -0.3 is 42.8 Å². The van der Waals surface area contributed by atoms with Crippen molar-refractivity contribution in [2.24, 2.45) is 5.92 Å². The van der Waals surface area contributed by atoms with E-state index in [1.54, 1.807) is 0 Å². The molecule has 0 amide bonds. The van der Waals surface area contributed by atoms with Crippen molar-refractivity contribution >= 4 is 5.97 Å². The minimum absolute atomic E-state index is 0.00579. The van der Waals surface area contributed by atoms with Crippen molar-refractivity contribution < 1.29 is 42.7 Å². The van der Waals surface area contributed by atoms with Crippen LogP contribution in [0.5, 0.6) is 0 Å². The van der Waals surface area contributed by atoms with Crippen molar-refractivity contribution in [3.05, 3.63) is 0 Å². The van der Waals surface area contributed by atoms with E-state index in [4.69, 9.17) is 37.9 Å². The van der Waals surface area contributed by atoms with Crippen LogP contribution in [0, 0.1) is 5.92 Å². The molecule has 0 radical (unpaired) electrons. The number of hydrogen-bond acceptors (Lipinski definition) is 10. The zero-order valence-corrected chi connectivity index (χ0v) is 23.3. The molecule has 0 heterocycles. The highest BCUT2D eigenvalue weighted by atomic mass is 16.6. The first-order chi connectivity index (χ1) is 17.6. The van der Waals surface area contributed by atoms with Gasteiger partial charge in [-0.05, 0) is 26.9 Å². The minimum Gasteiger partial charge on any atom is -0.463 e. The SMILES string of the molecule is CCCCC(CC)C(=O)OCCOCCOCCOCCOCCOCCOCCOCCN(C)C. The van der Waals surface area contributed by atoms with Crippen LogP contribution in [-0.4, -0.2) is 131 Å². The molecule has 0 aromatic rings. The summed E-state index contributed by atoms with van der Waals surface area (Å²) in [7, 11) is 4.04. The number of hydrogen-bond donors (Lipinski definition) is 0. The number of carbonyl (C=O) groups excluding carboxylic acids is 1. The van der Waals surface area contributed by atoms with Gasteiger partial charge in [0.15, 0.2) is 0 Å². The molecule has 0 aliphatic heterocycles. The van der Waals surface area contributed by atoms with Crippen LogP contribution in [0.2, 0.25) is 0 Å². The smallest absolute Gasteiger partial charge is 0.308 e. The lowest BCUT2D eigenvalue weighted by molar-refractivity contribution is -0.150. The summed E-state index contributed by atoms with van der Waals surface area (Å²) in [5.41, 5.74) is 0. The maximum atomic E-state index is 12.0. The molecule has 0 rings (SSSR count). The molecule has 0 bridgehead atoms. The molecule has 0 aromatic heterocycles. The van der Waals surface area contributed by atoms with E-state index in [9.17, 15) is 4.79 Å². The molecule has 0 saturated heterocycles. The van der Waals surface area contributed by atoms with Gasteiger partial charge >= 0.3 is 5.97 Å².